The SMILES string of the molecule is CCC(C)(C)NC(=O)NC1CCOC12CCNCC2. The maximum absolute atomic E-state index is 12.1. The molecule has 2 amide bonds. The molecule has 0 aromatic carbocycles. The van der Waals surface area contributed by atoms with E-state index in [4.69, 9.17) is 4.74 Å². The van der Waals surface area contributed by atoms with Crippen molar-refractivity contribution in [3.05, 3.63) is 0 Å². The minimum atomic E-state index is -0.162. The summed E-state index contributed by atoms with van der Waals surface area (Å²) in [5.74, 6) is 0. The molecule has 2 heterocycles. The first-order chi connectivity index (χ1) is 8.97. The normalized spacial score (nSPS) is 26.4. The van der Waals surface area contributed by atoms with Crippen LogP contribution >= 0.6 is 0 Å². The second kappa shape index (κ2) is 5.67. The number of urea groups is 1. The van der Waals surface area contributed by atoms with Crippen LogP contribution in [-0.4, -0.2) is 42.9 Å². The van der Waals surface area contributed by atoms with Crippen LogP contribution in [0.3, 0.4) is 0 Å². The predicted octanol–water partition coefficient (Wildman–Crippen LogP) is 1.39. The van der Waals surface area contributed by atoms with Gasteiger partial charge in [0.2, 0.25) is 0 Å². The third-order valence-corrected chi connectivity index (χ3v) is 4.52. The molecule has 2 saturated heterocycles. The summed E-state index contributed by atoms with van der Waals surface area (Å²) in [6.07, 6.45) is 3.79. The minimum Gasteiger partial charge on any atom is -0.373 e. The van der Waals surface area contributed by atoms with Gasteiger partial charge in [-0.2, -0.15) is 0 Å². The maximum atomic E-state index is 12.1. The molecule has 5 heteroatoms. The third-order valence-electron chi connectivity index (χ3n) is 4.52. The van der Waals surface area contributed by atoms with Gasteiger partial charge in [-0.3, -0.25) is 0 Å². The van der Waals surface area contributed by atoms with Crippen molar-refractivity contribution in [2.75, 3.05) is 19.7 Å². The number of hydrogen-bond donors (Lipinski definition) is 3. The van der Waals surface area contributed by atoms with Gasteiger partial charge in [-0.15, -0.1) is 0 Å². The number of rotatable bonds is 3. The molecule has 0 aromatic heterocycles. The van der Waals surface area contributed by atoms with Gasteiger partial charge in [-0.05, 0) is 52.6 Å². The van der Waals surface area contributed by atoms with Crippen molar-refractivity contribution in [1.29, 1.82) is 0 Å². The standard InChI is InChI=1S/C14H27N3O2/c1-4-13(2,3)17-12(18)16-11-5-10-19-14(11)6-8-15-9-7-14/h11,15H,4-10H2,1-3H3,(H2,16,17,18). The van der Waals surface area contributed by atoms with Crippen LogP contribution in [-0.2, 0) is 4.74 Å². The second-order valence-corrected chi connectivity index (χ2v) is 6.34. The molecule has 0 radical (unpaired) electrons. The predicted molar refractivity (Wildman–Crippen MR) is 75.2 cm³/mol. The molecule has 110 valence electrons. The fraction of sp³-hybridized carbons (Fsp3) is 0.929. The van der Waals surface area contributed by atoms with Crippen molar-refractivity contribution in [2.24, 2.45) is 0 Å². The highest BCUT2D eigenvalue weighted by molar-refractivity contribution is 5.75. The van der Waals surface area contributed by atoms with E-state index in [1.807, 2.05) is 13.8 Å². The van der Waals surface area contributed by atoms with E-state index in [0.29, 0.717) is 0 Å². The topological polar surface area (TPSA) is 62.4 Å². The first kappa shape index (κ1) is 14.6. The Hall–Kier alpha value is -0.810. The number of nitrogens with one attached hydrogen (secondary N) is 3. The lowest BCUT2D eigenvalue weighted by Crippen LogP contribution is -2.58. The molecule has 3 N–H and O–H groups in total. The van der Waals surface area contributed by atoms with Crippen LogP contribution in [0.15, 0.2) is 0 Å². The van der Waals surface area contributed by atoms with Gasteiger partial charge >= 0.3 is 6.03 Å². The van der Waals surface area contributed by atoms with Gasteiger partial charge in [0, 0.05) is 12.1 Å². The molecule has 2 rings (SSSR count). The van der Waals surface area contributed by atoms with Gasteiger partial charge < -0.3 is 20.7 Å². The number of hydrogen-bond acceptors (Lipinski definition) is 3. The molecule has 0 saturated carbocycles. The maximum Gasteiger partial charge on any atom is 0.315 e. The van der Waals surface area contributed by atoms with Gasteiger partial charge in [0.15, 0.2) is 0 Å². The molecule has 1 unspecified atom stereocenters. The van der Waals surface area contributed by atoms with E-state index >= 15 is 0 Å². The van der Waals surface area contributed by atoms with Crippen LogP contribution in [0.2, 0.25) is 0 Å². The Bertz CT molecular complexity index is 325. The number of piperidine rings is 1. The summed E-state index contributed by atoms with van der Waals surface area (Å²) in [6.45, 7) is 8.85. The van der Waals surface area contributed by atoms with E-state index in [0.717, 1.165) is 45.4 Å². The summed E-state index contributed by atoms with van der Waals surface area (Å²) in [5, 5.41) is 9.51. The Morgan fingerprint density at radius 1 is 1.42 bits per heavy atom. The Labute approximate surface area is 115 Å². The zero-order valence-electron chi connectivity index (χ0n) is 12.3. The number of ether oxygens (including phenoxy) is 1. The number of carbonyl (C=O) groups excluding carboxylic acids is 1. The van der Waals surface area contributed by atoms with Crippen LogP contribution in [0, 0.1) is 0 Å². The van der Waals surface area contributed by atoms with Gasteiger partial charge in [0.05, 0.1) is 11.6 Å². The minimum absolute atomic E-state index is 0.0692. The highest BCUT2D eigenvalue weighted by atomic mass is 16.5. The molecule has 2 aliphatic heterocycles. The highest BCUT2D eigenvalue weighted by Crippen LogP contribution is 2.34. The summed E-state index contributed by atoms with van der Waals surface area (Å²) in [4.78, 5) is 12.1. The average Bonchev–Trinajstić information content (AvgIpc) is 2.72. The summed E-state index contributed by atoms with van der Waals surface area (Å²) >= 11 is 0. The average molecular weight is 269 g/mol. The largest absolute Gasteiger partial charge is 0.373 e. The monoisotopic (exact) mass is 269 g/mol. The van der Waals surface area contributed by atoms with Crippen LogP contribution < -0.4 is 16.0 Å². The van der Waals surface area contributed by atoms with E-state index in [2.05, 4.69) is 22.9 Å². The second-order valence-electron chi connectivity index (χ2n) is 6.34. The summed E-state index contributed by atoms with van der Waals surface area (Å²) < 4.78 is 5.97. The van der Waals surface area contributed by atoms with E-state index in [-0.39, 0.29) is 23.2 Å². The fourth-order valence-corrected chi connectivity index (χ4v) is 2.88. The molecule has 0 bridgehead atoms. The Kier molecular flexibility index (Phi) is 4.36. The molecule has 2 fully saturated rings. The van der Waals surface area contributed by atoms with Gasteiger partial charge in [-0.25, -0.2) is 4.79 Å². The Morgan fingerprint density at radius 2 is 2.11 bits per heavy atom. The molecule has 1 spiro atoms. The molecule has 0 aliphatic carbocycles. The number of carbonyl (C=O) groups is 1. The molecule has 1 atom stereocenters. The Morgan fingerprint density at radius 3 is 2.74 bits per heavy atom. The third kappa shape index (κ3) is 3.39. The lowest BCUT2D eigenvalue weighted by Gasteiger charge is -2.38. The van der Waals surface area contributed by atoms with Crippen molar-refractivity contribution < 1.29 is 9.53 Å². The fourth-order valence-electron chi connectivity index (χ4n) is 2.88. The summed E-state index contributed by atoms with van der Waals surface area (Å²) in [6, 6.07) is 0.0718. The molecule has 19 heavy (non-hydrogen) atoms. The molecule has 2 aliphatic rings. The van der Waals surface area contributed by atoms with Crippen molar-refractivity contribution in [3.8, 4) is 0 Å². The van der Waals surface area contributed by atoms with Gasteiger partial charge in [-0.1, -0.05) is 6.92 Å². The lowest BCUT2D eigenvalue weighted by molar-refractivity contribution is -0.0317. The quantitative estimate of drug-likeness (QED) is 0.725. The highest BCUT2D eigenvalue weighted by Gasteiger charge is 2.45. The van der Waals surface area contributed by atoms with Crippen LogP contribution in [0.4, 0.5) is 4.79 Å². The van der Waals surface area contributed by atoms with Crippen LogP contribution in [0.25, 0.3) is 0 Å². The van der Waals surface area contributed by atoms with E-state index in [1.165, 1.54) is 0 Å². The van der Waals surface area contributed by atoms with Gasteiger partial charge in [0.25, 0.3) is 0 Å². The first-order valence-electron chi connectivity index (χ1n) is 7.41. The van der Waals surface area contributed by atoms with Gasteiger partial charge in [0.1, 0.15) is 0 Å². The molecular weight excluding hydrogens is 242 g/mol. The zero-order valence-corrected chi connectivity index (χ0v) is 12.3. The zero-order chi connectivity index (χ0) is 13.9. The van der Waals surface area contributed by atoms with E-state index < -0.39 is 0 Å². The van der Waals surface area contributed by atoms with Crippen LogP contribution in [0.5, 0.6) is 0 Å². The van der Waals surface area contributed by atoms with Crippen molar-refractivity contribution in [1.82, 2.24) is 16.0 Å². The van der Waals surface area contributed by atoms with E-state index in [9.17, 15) is 4.79 Å². The molecular formula is C14H27N3O2. The van der Waals surface area contributed by atoms with Crippen LogP contribution in [0.1, 0.15) is 46.5 Å². The van der Waals surface area contributed by atoms with Crippen molar-refractivity contribution >= 4 is 6.03 Å². The summed E-state index contributed by atoms with van der Waals surface area (Å²) in [7, 11) is 0. The smallest absolute Gasteiger partial charge is 0.315 e. The Balaban J connectivity index is 1.92. The van der Waals surface area contributed by atoms with E-state index in [1.54, 1.807) is 0 Å². The molecule has 0 aromatic rings. The molecule has 5 nitrogen and oxygen atoms in total. The number of amides is 2. The van der Waals surface area contributed by atoms with Crippen molar-refractivity contribution in [2.45, 2.75) is 63.6 Å². The first-order valence-corrected chi connectivity index (χ1v) is 7.41. The summed E-state index contributed by atoms with van der Waals surface area (Å²) in [5.41, 5.74) is -0.302. The van der Waals surface area contributed by atoms with Crippen molar-refractivity contribution in [3.63, 3.8) is 0 Å². The lowest BCUT2D eigenvalue weighted by atomic mass is 9.85.